The van der Waals surface area contributed by atoms with Crippen LogP contribution >= 0.6 is 11.8 Å². The van der Waals surface area contributed by atoms with Gasteiger partial charge in [0.2, 0.25) is 0 Å². The second kappa shape index (κ2) is 8.85. The van der Waals surface area contributed by atoms with E-state index >= 15 is 0 Å². The molecule has 0 aliphatic heterocycles. The van der Waals surface area contributed by atoms with Crippen molar-refractivity contribution in [3.8, 4) is 0 Å². The van der Waals surface area contributed by atoms with E-state index in [1.807, 2.05) is 0 Å². The third kappa shape index (κ3) is 5.34. The van der Waals surface area contributed by atoms with Crippen LogP contribution in [-0.4, -0.2) is 11.8 Å². The second-order valence-electron chi connectivity index (χ2n) is 6.41. The molecule has 1 atom stereocenters. The molecule has 2 rings (SSSR count). The van der Waals surface area contributed by atoms with E-state index in [4.69, 9.17) is 0 Å². The lowest BCUT2D eigenvalue weighted by Crippen LogP contribution is -2.19. The molecule has 0 amide bonds. The number of benzene rings is 1. The van der Waals surface area contributed by atoms with Crippen molar-refractivity contribution >= 4 is 11.8 Å². The van der Waals surface area contributed by atoms with Crippen molar-refractivity contribution in [1.82, 2.24) is 5.32 Å². The van der Waals surface area contributed by atoms with E-state index in [9.17, 15) is 0 Å². The number of nitrogens with one attached hydrogen (secondary N) is 1. The SMILES string of the molecule is CCCNC(C)c1ccc(SC2CCC(CC)CC2)cc1. The molecule has 0 bridgehead atoms. The van der Waals surface area contributed by atoms with E-state index < -0.39 is 0 Å². The van der Waals surface area contributed by atoms with Crippen LogP contribution in [0, 0.1) is 5.92 Å². The summed E-state index contributed by atoms with van der Waals surface area (Å²) in [5.41, 5.74) is 1.41. The Bertz CT molecular complexity index is 393. The number of thioether (sulfide) groups is 1. The Balaban J connectivity index is 1.82. The lowest BCUT2D eigenvalue weighted by molar-refractivity contribution is 0.356. The third-order valence-corrected chi connectivity index (χ3v) is 6.10. The Morgan fingerprint density at radius 1 is 1.10 bits per heavy atom. The molecule has 2 heteroatoms. The van der Waals surface area contributed by atoms with E-state index in [-0.39, 0.29) is 0 Å². The van der Waals surface area contributed by atoms with Crippen LogP contribution in [0.5, 0.6) is 0 Å². The van der Waals surface area contributed by atoms with E-state index in [2.05, 4.69) is 62.1 Å². The van der Waals surface area contributed by atoms with Crippen molar-refractivity contribution in [1.29, 1.82) is 0 Å². The van der Waals surface area contributed by atoms with Gasteiger partial charge < -0.3 is 5.32 Å². The summed E-state index contributed by atoms with van der Waals surface area (Å²) in [4.78, 5) is 1.45. The standard InChI is InChI=1S/C19H31NS/c1-4-14-20-15(3)17-8-12-19(13-9-17)21-18-10-6-16(5-2)7-11-18/h8-9,12-13,15-16,18,20H,4-7,10-11,14H2,1-3H3. The van der Waals surface area contributed by atoms with Crippen molar-refractivity contribution in [2.24, 2.45) is 5.92 Å². The molecule has 0 radical (unpaired) electrons. The highest BCUT2D eigenvalue weighted by atomic mass is 32.2. The molecule has 1 aromatic carbocycles. The summed E-state index contributed by atoms with van der Waals surface area (Å²) in [5, 5.41) is 4.40. The Labute approximate surface area is 135 Å². The van der Waals surface area contributed by atoms with Crippen molar-refractivity contribution in [2.45, 2.75) is 75.5 Å². The molecular weight excluding hydrogens is 274 g/mol. The zero-order valence-electron chi connectivity index (χ0n) is 13.9. The third-order valence-electron chi connectivity index (χ3n) is 4.75. The molecule has 1 saturated carbocycles. The van der Waals surface area contributed by atoms with Crippen molar-refractivity contribution in [3.05, 3.63) is 29.8 Å². The van der Waals surface area contributed by atoms with Gasteiger partial charge in [-0.3, -0.25) is 0 Å². The highest BCUT2D eigenvalue weighted by Gasteiger charge is 2.20. The predicted octanol–water partition coefficient (Wildman–Crippen LogP) is 5.81. The maximum Gasteiger partial charge on any atom is 0.0291 e. The summed E-state index contributed by atoms with van der Waals surface area (Å²) in [7, 11) is 0. The van der Waals surface area contributed by atoms with Crippen LogP contribution in [0.2, 0.25) is 0 Å². The Kier molecular flexibility index (Phi) is 7.12. The van der Waals surface area contributed by atoms with E-state index in [1.165, 1.54) is 49.0 Å². The summed E-state index contributed by atoms with van der Waals surface area (Å²) in [6.07, 6.45) is 8.24. The normalized spacial score (nSPS) is 24.0. The van der Waals surface area contributed by atoms with E-state index in [0.29, 0.717) is 6.04 Å². The van der Waals surface area contributed by atoms with Crippen molar-refractivity contribution in [2.75, 3.05) is 6.54 Å². The fourth-order valence-corrected chi connectivity index (χ4v) is 4.35. The molecule has 0 saturated heterocycles. The molecular formula is C19H31NS. The number of hydrogen-bond donors (Lipinski definition) is 1. The number of hydrogen-bond acceptors (Lipinski definition) is 2. The highest BCUT2D eigenvalue weighted by Crippen LogP contribution is 2.37. The maximum atomic E-state index is 3.55. The second-order valence-corrected chi connectivity index (χ2v) is 7.79. The molecule has 1 aliphatic rings. The van der Waals surface area contributed by atoms with Crippen molar-refractivity contribution in [3.63, 3.8) is 0 Å². The molecule has 1 aliphatic carbocycles. The monoisotopic (exact) mass is 305 g/mol. The van der Waals surface area contributed by atoms with Gasteiger partial charge in [-0.15, -0.1) is 11.8 Å². The van der Waals surface area contributed by atoms with Gasteiger partial charge in [-0.25, -0.2) is 0 Å². The zero-order valence-corrected chi connectivity index (χ0v) is 14.7. The molecule has 1 fully saturated rings. The maximum absolute atomic E-state index is 3.55. The minimum Gasteiger partial charge on any atom is -0.310 e. The lowest BCUT2D eigenvalue weighted by Gasteiger charge is -2.27. The van der Waals surface area contributed by atoms with E-state index in [0.717, 1.165) is 17.7 Å². The fraction of sp³-hybridized carbons (Fsp3) is 0.684. The lowest BCUT2D eigenvalue weighted by atomic mass is 9.87. The van der Waals surface area contributed by atoms with Crippen LogP contribution in [0.25, 0.3) is 0 Å². The molecule has 118 valence electrons. The smallest absolute Gasteiger partial charge is 0.0291 e. The van der Waals surface area contributed by atoms with Crippen LogP contribution in [0.15, 0.2) is 29.2 Å². The number of rotatable bonds is 7. The molecule has 0 spiro atoms. The quantitative estimate of drug-likeness (QED) is 0.682. The summed E-state index contributed by atoms with van der Waals surface area (Å²) in [6.45, 7) is 7.90. The minimum atomic E-state index is 0.462. The highest BCUT2D eigenvalue weighted by molar-refractivity contribution is 8.00. The van der Waals surface area contributed by atoms with Gasteiger partial charge in [-0.1, -0.05) is 32.4 Å². The van der Waals surface area contributed by atoms with Crippen LogP contribution < -0.4 is 5.32 Å². The Morgan fingerprint density at radius 3 is 2.33 bits per heavy atom. The molecule has 1 nitrogen and oxygen atoms in total. The predicted molar refractivity (Wildman–Crippen MR) is 95.0 cm³/mol. The summed E-state index contributed by atoms with van der Waals surface area (Å²) < 4.78 is 0. The van der Waals surface area contributed by atoms with Crippen LogP contribution in [-0.2, 0) is 0 Å². The van der Waals surface area contributed by atoms with Gasteiger partial charge in [-0.2, -0.15) is 0 Å². The first-order valence-corrected chi connectivity index (χ1v) is 9.60. The average Bonchev–Trinajstić information content (AvgIpc) is 2.54. The zero-order chi connectivity index (χ0) is 15.1. The Hall–Kier alpha value is -0.470. The first-order chi connectivity index (χ1) is 10.2. The Morgan fingerprint density at radius 2 is 1.76 bits per heavy atom. The van der Waals surface area contributed by atoms with Gasteiger partial charge in [-0.05, 0) is 69.2 Å². The molecule has 0 aromatic heterocycles. The molecule has 21 heavy (non-hydrogen) atoms. The van der Waals surface area contributed by atoms with Crippen molar-refractivity contribution < 1.29 is 0 Å². The summed E-state index contributed by atoms with van der Waals surface area (Å²) >= 11 is 2.09. The topological polar surface area (TPSA) is 12.0 Å². The fourth-order valence-electron chi connectivity index (χ4n) is 3.16. The van der Waals surface area contributed by atoms with Gasteiger partial charge in [0.1, 0.15) is 0 Å². The van der Waals surface area contributed by atoms with Crippen LogP contribution in [0.3, 0.4) is 0 Å². The van der Waals surface area contributed by atoms with Gasteiger partial charge in [0, 0.05) is 16.2 Å². The molecule has 1 aromatic rings. The van der Waals surface area contributed by atoms with Crippen LogP contribution in [0.1, 0.15) is 70.9 Å². The molecule has 1 N–H and O–H groups in total. The summed E-state index contributed by atoms with van der Waals surface area (Å²) in [5.74, 6) is 0.995. The van der Waals surface area contributed by atoms with Gasteiger partial charge in [0.05, 0.1) is 0 Å². The molecule has 0 heterocycles. The van der Waals surface area contributed by atoms with Gasteiger partial charge >= 0.3 is 0 Å². The largest absolute Gasteiger partial charge is 0.310 e. The van der Waals surface area contributed by atoms with Crippen LogP contribution in [0.4, 0.5) is 0 Å². The minimum absolute atomic E-state index is 0.462. The first-order valence-electron chi connectivity index (χ1n) is 8.72. The first kappa shape index (κ1) is 16.9. The molecule has 1 unspecified atom stereocenters. The average molecular weight is 306 g/mol. The van der Waals surface area contributed by atoms with E-state index in [1.54, 1.807) is 0 Å². The van der Waals surface area contributed by atoms with Gasteiger partial charge in [0.25, 0.3) is 0 Å². The summed E-state index contributed by atoms with van der Waals surface area (Å²) in [6, 6.07) is 9.69. The van der Waals surface area contributed by atoms with Gasteiger partial charge in [0.15, 0.2) is 0 Å².